The highest BCUT2D eigenvalue weighted by Gasteiger charge is 2.40. The summed E-state index contributed by atoms with van der Waals surface area (Å²) in [5, 5.41) is 0. The molecule has 0 bridgehead atoms. The minimum absolute atomic E-state index is 0.197. The zero-order chi connectivity index (χ0) is 12.3. The van der Waals surface area contributed by atoms with Crippen LogP contribution in [0.4, 0.5) is 4.79 Å². The molecule has 0 radical (unpaired) electrons. The van der Waals surface area contributed by atoms with E-state index in [9.17, 15) is 9.59 Å². The summed E-state index contributed by atoms with van der Waals surface area (Å²) in [7, 11) is 0. The van der Waals surface area contributed by atoms with Gasteiger partial charge in [0.2, 0.25) is 0 Å². The van der Waals surface area contributed by atoms with Crippen molar-refractivity contribution in [2.75, 3.05) is 12.6 Å². The molecule has 1 aliphatic rings. The molecule has 6 heteroatoms. The maximum atomic E-state index is 11.6. The van der Waals surface area contributed by atoms with E-state index in [-0.39, 0.29) is 6.07 Å². The van der Waals surface area contributed by atoms with E-state index in [0.717, 1.165) is 0 Å². The van der Waals surface area contributed by atoms with Crippen LogP contribution in [0.2, 0.25) is 0 Å². The van der Waals surface area contributed by atoms with Gasteiger partial charge in [-0.15, -0.1) is 0 Å². The highest BCUT2D eigenvalue weighted by molar-refractivity contribution is 6.17. The number of halogens is 1. The lowest BCUT2D eigenvalue weighted by molar-refractivity contribution is -0.152. The number of esters is 1. The minimum Gasteiger partial charge on any atom is -0.448 e. The van der Waals surface area contributed by atoms with Crippen LogP contribution in [0, 0.1) is 0 Å². The Labute approximate surface area is 99.6 Å². The lowest BCUT2D eigenvalue weighted by Gasteiger charge is -2.39. The monoisotopic (exact) mass is 249 g/mol. The van der Waals surface area contributed by atoms with Crippen molar-refractivity contribution in [2.45, 2.75) is 38.8 Å². The Morgan fingerprint density at radius 2 is 2.06 bits per heavy atom. The quantitative estimate of drug-likeness (QED) is 0.553. The van der Waals surface area contributed by atoms with Gasteiger partial charge in [-0.05, 0) is 27.2 Å². The maximum Gasteiger partial charge on any atom is 0.411 e. The van der Waals surface area contributed by atoms with Crippen molar-refractivity contribution in [1.82, 2.24) is 4.90 Å². The van der Waals surface area contributed by atoms with Crippen molar-refractivity contribution in [1.29, 1.82) is 0 Å². The molecule has 1 rings (SSSR count). The van der Waals surface area contributed by atoms with E-state index >= 15 is 0 Å². The van der Waals surface area contributed by atoms with Crippen molar-refractivity contribution in [3.8, 4) is 0 Å². The first-order chi connectivity index (χ1) is 7.35. The van der Waals surface area contributed by atoms with Crippen LogP contribution in [0.25, 0.3) is 0 Å². The van der Waals surface area contributed by atoms with E-state index in [1.54, 1.807) is 20.8 Å². The van der Waals surface area contributed by atoms with Crippen LogP contribution in [0.15, 0.2) is 0 Å². The second kappa shape index (κ2) is 4.91. The first-order valence-corrected chi connectivity index (χ1v) is 5.61. The number of rotatable bonds is 2. The van der Waals surface area contributed by atoms with Gasteiger partial charge in [0.1, 0.15) is 11.6 Å². The zero-order valence-corrected chi connectivity index (χ0v) is 10.4. The summed E-state index contributed by atoms with van der Waals surface area (Å²) in [6.45, 7) is 5.83. The van der Waals surface area contributed by atoms with Crippen molar-refractivity contribution >= 4 is 23.7 Å². The van der Waals surface area contributed by atoms with Crippen LogP contribution in [0.3, 0.4) is 0 Å². The van der Waals surface area contributed by atoms with Crippen LogP contribution < -0.4 is 0 Å². The molecule has 0 aromatic heterocycles. The van der Waals surface area contributed by atoms with E-state index in [2.05, 4.69) is 4.74 Å². The Bertz CT molecular complexity index is 287. The van der Waals surface area contributed by atoms with Gasteiger partial charge in [0, 0.05) is 6.54 Å². The smallest absolute Gasteiger partial charge is 0.411 e. The summed E-state index contributed by atoms with van der Waals surface area (Å²) in [5.41, 5.74) is -0.562. The number of hydrogen-bond acceptors (Lipinski definition) is 4. The van der Waals surface area contributed by atoms with Gasteiger partial charge in [0.05, 0.1) is 0 Å². The molecule has 1 fully saturated rings. The highest BCUT2D eigenvalue weighted by atomic mass is 35.5. The standard InChI is InChI=1S/C10H16ClNO4/c1-10(2,3)16-9(14)12-5-4-7(12)8(13)15-6-11/h7H,4-6H2,1-3H3/t7-/m0/s1. The van der Waals surface area contributed by atoms with Gasteiger partial charge in [0.25, 0.3) is 0 Å². The normalized spacial score (nSPS) is 20.0. The first kappa shape index (κ1) is 13.1. The molecule has 92 valence electrons. The molecule has 0 unspecified atom stereocenters. The molecule has 5 nitrogen and oxygen atoms in total. The predicted octanol–water partition coefficient (Wildman–Crippen LogP) is 1.74. The third kappa shape index (κ3) is 3.27. The van der Waals surface area contributed by atoms with Gasteiger partial charge in [0.15, 0.2) is 6.07 Å². The molecule has 16 heavy (non-hydrogen) atoms. The average Bonchev–Trinajstić information content (AvgIpc) is 1.97. The Morgan fingerprint density at radius 3 is 2.44 bits per heavy atom. The summed E-state index contributed by atoms with van der Waals surface area (Å²) >= 11 is 5.28. The number of likely N-dealkylation sites (tertiary alicyclic amines) is 1. The molecule has 0 aromatic carbocycles. The zero-order valence-electron chi connectivity index (χ0n) is 9.66. The number of amides is 1. The first-order valence-electron chi connectivity index (χ1n) is 5.07. The number of hydrogen-bond donors (Lipinski definition) is 0. The van der Waals surface area contributed by atoms with Crippen LogP contribution in [-0.2, 0) is 14.3 Å². The summed E-state index contributed by atoms with van der Waals surface area (Å²) in [5.74, 6) is -0.480. The van der Waals surface area contributed by atoms with Crippen LogP contribution in [-0.4, -0.2) is 41.2 Å². The topological polar surface area (TPSA) is 55.8 Å². The van der Waals surface area contributed by atoms with Crippen molar-refractivity contribution in [2.24, 2.45) is 0 Å². The van der Waals surface area contributed by atoms with Gasteiger partial charge in [-0.1, -0.05) is 11.6 Å². The molecule has 0 aromatic rings. The van der Waals surface area contributed by atoms with E-state index in [4.69, 9.17) is 16.3 Å². The maximum absolute atomic E-state index is 11.6. The number of carbonyl (C=O) groups excluding carboxylic acids is 2. The number of alkyl halides is 1. The summed E-state index contributed by atoms with van der Waals surface area (Å²) in [6.07, 6.45) is 0.102. The fraction of sp³-hybridized carbons (Fsp3) is 0.800. The molecule has 1 atom stereocenters. The average molecular weight is 250 g/mol. The molecular formula is C10H16ClNO4. The lowest BCUT2D eigenvalue weighted by Crippen LogP contribution is -2.56. The number of nitrogens with zero attached hydrogens (tertiary/aromatic N) is 1. The lowest BCUT2D eigenvalue weighted by atomic mass is 10.0. The summed E-state index contributed by atoms with van der Waals surface area (Å²) in [4.78, 5) is 24.3. The molecule has 0 N–H and O–H groups in total. The van der Waals surface area contributed by atoms with Crippen molar-refractivity contribution in [3.63, 3.8) is 0 Å². The van der Waals surface area contributed by atoms with Crippen molar-refractivity contribution < 1.29 is 19.1 Å². The third-order valence-electron chi connectivity index (χ3n) is 2.12. The number of ether oxygens (including phenoxy) is 2. The predicted molar refractivity (Wildman–Crippen MR) is 58.2 cm³/mol. The third-order valence-corrected chi connectivity index (χ3v) is 2.23. The van der Waals surface area contributed by atoms with E-state index < -0.39 is 23.7 Å². The van der Waals surface area contributed by atoms with Crippen LogP contribution >= 0.6 is 11.6 Å². The minimum atomic E-state index is -0.562. The fourth-order valence-corrected chi connectivity index (χ4v) is 1.43. The Hall–Kier alpha value is -0.970. The molecule has 1 heterocycles. The van der Waals surface area contributed by atoms with Crippen LogP contribution in [0.5, 0.6) is 0 Å². The Morgan fingerprint density at radius 1 is 1.44 bits per heavy atom. The van der Waals surface area contributed by atoms with Gasteiger partial charge in [-0.3, -0.25) is 4.90 Å². The highest BCUT2D eigenvalue weighted by Crippen LogP contribution is 2.22. The second-order valence-electron chi connectivity index (χ2n) is 4.55. The van der Waals surface area contributed by atoms with E-state index in [1.165, 1.54) is 4.90 Å². The summed E-state index contributed by atoms with van der Waals surface area (Å²) in [6, 6.07) is -0.745. The van der Waals surface area contributed by atoms with Gasteiger partial charge in [-0.25, -0.2) is 9.59 Å². The fourth-order valence-electron chi connectivity index (χ4n) is 1.32. The van der Waals surface area contributed by atoms with Gasteiger partial charge >= 0.3 is 12.1 Å². The molecule has 0 saturated carbocycles. The number of carbonyl (C=O) groups is 2. The molecule has 0 aliphatic carbocycles. The van der Waals surface area contributed by atoms with Crippen LogP contribution in [0.1, 0.15) is 27.2 Å². The van der Waals surface area contributed by atoms with Gasteiger partial charge < -0.3 is 9.47 Å². The summed E-state index contributed by atoms with van der Waals surface area (Å²) < 4.78 is 9.78. The van der Waals surface area contributed by atoms with Crippen molar-refractivity contribution in [3.05, 3.63) is 0 Å². The molecule has 1 aliphatic heterocycles. The SMILES string of the molecule is CC(C)(C)OC(=O)N1CC[C@H]1C(=O)OCCl. The van der Waals surface area contributed by atoms with E-state index in [0.29, 0.717) is 13.0 Å². The van der Waals surface area contributed by atoms with E-state index in [1.807, 2.05) is 0 Å². The second-order valence-corrected chi connectivity index (χ2v) is 4.77. The molecule has 0 spiro atoms. The Kier molecular flexibility index (Phi) is 4.02. The van der Waals surface area contributed by atoms with Gasteiger partial charge in [-0.2, -0.15) is 0 Å². The molecule has 1 amide bonds. The molecular weight excluding hydrogens is 234 g/mol. The Balaban J connectivity index is 2.49. The largest absolute Gasteiger partial charge is 0.448 e. The molecule has 1 saturated heterocycles.